The standard InChI is InChI=1S/C33H43N5O4/c1-33(2)18-28-30(24-7-3-4-9-27(24)38(28)29(39)19-33)20-10-15-23(31(36)40)26(17-20)37-21-11-13-22(14-12-21)42-32(41)25(35)8-5-6-16-34/h3-4,7,9-10,15,17,21-22,25,37H,5-6,8,11-14,16,18-19,34-35H2,1-2H3,(H2,36,40)/t21?,22?,25-/m0/s1. The van der Waals surface area contributed by atoms with E-state index >= 15 is 0 Å². The number of hydrogen-bond acceptors (Lipinski definition) is 7. The van der Waals surface area contributed by atoms with Crippen molar-refractivity contribution in [2.45, 2.75) is 89.8 Å². The quantitative estimate of drug-likeness (QED) is 0.202. The van der Waals surface area contributed by atoms with Crippen LogP contribution in [0.3, 0.4) is 0 Å². The Morgan fingerprint density at radius 2 is 1.81 bits per heavy atom. The van der Waals surface area contributed by atoms with E-state index in [1.807, 2.05) is 34.9 Å². The van der Waals surface area contributed by atoms with Crippen molar-refractivity contribution in [3.05, 3.63) is 53.7 Å². The van der Waals surface area contributed by atoms with Crippen molar-refractivity contribution in [1.29, 1.82) is 0 Å². The molecule has 0 bridgehead atoms. The van der Waals surface area contributed by atoms with Crippen molar-refractivity contribution in [2.24, 2.45) is 22.6 Å². The van der Waals surface area contributed by atoms with Gasteiger partial charge in [0.05, 0.1) is 11.1 Å². The van der Waals surface area contributed by atoms with Gasteiger partial charge in [0.25, 0.3) is 5.91 Å². The van der Waals surface area contributed by atoms with Crippen LogP contribution < -0.4 is 22.5 Å². The minimum Gasteiger partial charge on any atom is -0.461 e. The molecule has 0 spiro atoms. The average molecular weight is 574 g/mol. The van der Waals surface area contributed by atoms with Gasteiger partial charge in [-0.25, -0.2) is 0 Å². The van der Waals surface area contributed by atoms with Crippen LogP contribution in [0.5, 0.6) is 0 Å². The number of aromatic nitrogens is 1. The zero-order valence-electron chi connectivity index (χ0n) is 24.7. The number of para-hydroxylation sites is 1. The summed E-state index contributed by atoms with van der Waals surface area (Å²) in [6, 6.07) is 13.1. The number of hydrogen-bond donors (Lipinski definition) is 4. The largest absolute Gasteiger partial charge is 0.461 e. The molecule has 2 heterocycles. The second kappa shape index (κ2) is 12.3. The topological polar surface area (TPSA) is 155 Å². The number of fused-ring (bicyclic) bond motifs is 3. The number of carbonyl (C=O) groups is 3. The molecule has 1 aliphatic heterocycles. The van der Waals surface area contributed by atoms with Crippen LogP contribution >= 0.6 is 0 Å². The van der Waals surface area contributed by atoms with Crippen LogP contribution in [-0.4, -0.2) is 47.1 Å². The van der Waals surface area contributed by atoms with Gasteiger partial charge < -0.3 is 27.3 Å². The van der Waals surface area contributed by atoms with Crippen molar-refractivity contribution in [2.75, 3.05) is 11.9 Å². The molecule has 0 saturated heterocycles. The van der Waals surface area contributed by atoms with Gasteiger partial charge in [-0.1, -0.05) is 44.5 Å². The lowest BCUT2D eigenvalue weighted by Crippen LogP contribution is -2.37. The van der Waals surface area contributed by atoms with Crippen LogP contribution in [0, 0.1) is 5.41 Å². The highest BCUT2D eigenvalue weighted by Crippen LogP contribution is 2.43. The molecule has 1 fully saturated rings. The smallest absolute Gasteiger partial charge is 0.323 e. The van der Waals surface area contributed by atoms with Crippen molar-refractivity contribution >= 4 is 34.4 Å². The maximum absolute atomic E-state index is 13.3. The van der Waals surface area contributed by atoms with Gasteiger partial charge >= 0.3 is 5.97 Å². The monoisotopic (exact) mass is 573 g/mol. The molecule has 1 aromatic heterocycles. The summed E-state index contributed by atoms with van der Waals surface area (Å²) in [5.41, 5.74) is 22.1. The Bertz CT molecular complexity index is 1490. The average Bonchev–Trinajstić information content (AvgIpc) is 3.27. The number of esters is 1. The first-order chi connectivity index (χ1) is 20.1. The SMILES string of the molecule is CC1(C)CC(=O)n2c(c(-c3ccc(C(N)=O)c(NC4CCC(OC(=O)[C@@H](N)CCCCN)CC4)c3)c3ccccc32)C1. The molecule has 7 N–H and O–H groups in total. The van der Waals surface area contributed by atoms with Gasteiger partial charge in [0.2, 0.25) is 5.91 Å². The Morgan fingerprint density at radius 1 is 1.07 bits per heavy atom. The van der Waals surface area contributed by atoms with Gasteiger partial charge in [0, 0.05) is 34.8 Å². The summed E-state index contributed by atoms with van der Waals surface area (Å²) in [4.78, 5) is 38.1. The predicted octanol–water partition coefficient (Wildman–Crippen LogP) is 4.74. The van der Waals surface area contributed by atoms with E-state index in [2.05, 4.69) is 25.2 Å². The Hall–Kier alpha value is -3.69. The summed E-state index contributed by atoms with van der Waals surface area (Å²) in [6.07, 6.45) is 6.27. The van der Waals surface area contributed by atoms with Crippen LogP contribution in [0.1, 0.15) is 86.1 Å². The third-order valence-electron chi connectivity index (χ3n) is 8.66. The third-order valence-corrected chi connectivity index (χ3v) is 8.66. The van der Waals surface area contributed by atoms with Crippen molar-refractivity contribution < 1.29 is 19.1 Å². The van der Waals surface area contributed by atoms with E-state index in [0.29, 0.717) is 43.5 Å². The minimum absolute atomic E-state index is 0.0896. The van der Waals surface area contributed by atoms with Crippen molar-refractivity contribution in [3.8, 4) is 11.1 Å². The maximum atomic E-state index is 13.3. The third kappa shape index (κ3) is 6.22. The van der Waals surface area contributed by atoms with Gasteiger partial charge in [-0.3, -0.25) is 19.0 Å². The Labute approximate surface area is 247 Å². The number of primary amides is 1. The highest BCUT2D eigenvalue weighted by Gasteiger charge is 2.35. The molecule has 0 radical (unpaired) electrons. The molecule has 0 unspecified atom stereocenters. The molecule has 2 aliphatic rings. The van der Waals surface area contributed by atoms with E-state index in [-0.39, 0.29) is 29.4 Å². The number of benzene rings is 2. The number of amides is 1. The molecule has 3 aromatic rings. The second-order valence-corrected chi connectivity index (χ2v) is 12.7. The molecular formula is C33H43N5O4. The van der Waals surface area contributed by atoms with Crippen LogP contribution in [0.15, 0.2) is 42.5 Å². The van der Waals surface area contributed by atoms with Crippen LogP contribution in [0.2, 0.25) is 0 Å². The summed E-state index contributed by atoms with van der Waals surface area (Å²) in [5, 5.41) is 4.58. The van der Waals surface area contributed by atoms with Crippen LogP contribution in [-0.2, 0) is 16.0 Å². The zero-order chi connectivity index (χ0) is 30.0. The van der Waals surface area contributed by atoms with Crippen molar-refractivity contribution in [1.82, 2.24) is 4.57 Å². The lowest BCUT2D eigenvalue weighted by Gasteiger charge is -2.31. The fourth-order valence-corrected chi connectivity index (χ4v) is 6.53. The number of nitrogens with zero attached hydrogens (tertiary/aromatic N) is 1. The molecule has 224 valence electrons. The minimum atomic E-state index is -0.620. The highest BCUT2D eigenvalue weighted by molar-refractivity contribution is 6.06. The van der Waals surface area contributed by atoms with Gasteiger partial charge in [-0.05, 0) is 80.7 Å². The number of carbonyl (C=O) groups excluding carboxylic acids is 3. The Balaban J connectivity index is 1.36. The number of nitrogens with one attached hydrogen (secondary N) is 1. The van der Waals surface area contributed by atoms with E-state index in [0.717, 1.165) is 59.8 Å². The molecule has 42 heavy (non-hydrogen) atoms. The first-order valence-corrected chi connectivity index (χ1v) is 15.1. The summed E-state index contributed by atoms with van der Waals surface area (Å²) in [7, 11) is 0. The Morgan fingerprint density at radius 3 is 2.52 bits per heavy atom. The van der Waals surface area contributed by atoms with Crippen LogP contribution in [0.25, 0.3) is 22.0 Å². The number of unbranched alkanes of at least 4 members (excludes halogenated alkanes) is 1. The zero-order valence-corrected chi connectivity index (χ0v) is 24.7. The molecule has 1 amide bonds. The van der Waals surface area contributed by atoms with Gasteiger partial charge in [0.1, 0.15) is 12.1 Å². The fourth-order valence-electron chi connectivity index (χ4n) is 6.53. The van der Waals surface area contributed by atoms with Crippen LogP contribution in [0.4, 0.5) is 5.69 Å². The lowest BCUT2D eigenvalue weighted by molar-refractivity contribution is -0.152. The van der Waals surface area contributed by atoms with E-state index < -0.39 is 11.9 Å². The van der Waals surface area contributed by atoms with E-state index in [1.54, 1.807) is 6.07 Å². The van der Waals surface area contributed by atoms with E-state index in [1.165, 1.54) is 0 Å². The van der Waals surface area contributed by atoms with Gasteiger partial charge in [0.15, 0.2) is 0 Å². The molecule has 9 nitrogen and oxygen atoms in total. The lowest BCUT2D eigenvalue weighted by atomic mass is 9.80. The summed E-state index contributed by atoms with van der Waals surface area (Å²) in [5.74, 6) is -0.753. The van der Waals surface area contributed by atoms with E-state index in [4.69, 9.17) is 21.9 Å². The molecule has 1 atom stereocenters. The number of ether oxygens (including phenoxy) is 1. The second-order valence-electron chi connectivity index (χ2n) is 12.7. The molecule has 1 saturated carbocycles. The molecule has 1 aliphatic carbocycles. The summed E-state index contributed by atoms with van der Waals surface area (Å²) >= 11 is 0. The highest BCUT2D eigenvalue weighted by atomic mass is 16.5. The first-order valence-electron chi connectivity index (χ1n) is 15.1. The molecule has 5 rings (SSSR count). The maximum Gasteiger partial charge on any atom is 0.323 e. The number of anilines is 1. The van der Waals surface area contributed by atoms with Gasteiger partial charge in [-0.2, -0.15) is 0 Å². The first kappa shape index (κ1) is 29.8. The molecule has 2 aromatic carbocycles. The normalized spacial score (nSPS) is 20.6. The fraction of sp³-hybridized carbons (Fsp3) is 0.485. The molecule has 9 heteroatoms. The Kier molecular flexibility index (Phi) is 8.70. The summed E-state index contributed by atoms with van der Waals surface area (Å²) < 4.78 is 7.58. The van der Waals surface area contributed by atoms with Gasteiger partial charge in [-0.15, -0.1) is 0 Å². The number of nitrogens with two attached hydrogens (primary N) is 3. The number of rotatable bonds is 10. The predicted molar refractivity (Wildman–Crippen MR) is 165 cm³/mol. The van der Waals surface area contributed by atoms with E-state index in [9.17, 15) is 14.4 Å². The van der Waals surface area contributed by atoms with Crippen molar-refractivity contribution in [3.63, 3.8) is 0 Å². The summed E-state index contributed by atoms with van der Waals surface area (Å²) in [6.45, 7) is 4.84. The molecular weight excluding hydrogens is 530 g/mol.